The average molecular weight is 650 g/mol. The zero-order valence-electron chi connectivity index (χ0n) is 23.6. The van der Waals surface area contributed by atoms with Crippen molar-refractivity contribution < 1.29 is 34.8 Å². The quantitative estimate of drug-likeness (QED) is 0.366. The largest absolute Gasteiger partial charge is 0.416 e. The van der Waals surface area contributed by atoms with Gasteiger partial charge in [-0.05, 0) is 73.2 Å². The van der Waals surface area contributed by atoms with E-state index < -0.39 is 43.2 Å². The Hall–Kier alpha value is -3.66. The molecular formula is C29H30F3N5O5S2. The lowest BCUT2D eigenvalue weighted by Crippen LogP contribution is -2.50. The van der Waals surface area contributed by atoms with Crippen molar-refractivity contribution >= 4 is 31.8 Å². The first-order valence-corrected chi connectivity index (χ1v) is 16.8. The summed E-state index contributed by atoms with van der Waals surface area (Å²) >= 11 is 0. The number of piperidine rings is 1. The molecule has 1 saturated heterocycles. The molecule has 1 aromatic heterocycles. The Morgan fingerprint density at radius 2 is 1.77 bits per heavy atom. The van der Waals surface area contributed by atoms with E-state index in [1.807, 2.05) is 0 Å². The molecule has 5 rings (SSSR count). The maximum atomic E-state index is 13.2. The summed E-state index contributed by atoms with van der Waals surface area (Å²) in [4.78, 5) is 21.3. The third-order valence-electron chi connectivity index (χ3n) is 7.83. The first-order valence-electron chi connectivity index (χ1n) is 13.7. The summed E-state index contributed by atoms with van der Waals surface area (Å²) in [6.07, 6.45) is -1.08. The number of rotatable bonds is 9. The number of halogens is 3. The van der Waals surface area contributed by atoms with Crippen LogP contribution in [0.5, 0.6) is 0 Å². The number of alkyl halides is 3. The maximum Gasteiger partial charge on any atom is 0.416 e. The number of aliphatic imine (C=N–C) groups is 1. The number of carbonyl (C=O) groups is 1. The minimum atomic E-state index is -4.55. The molecule has 0 unspecified atom stereocenters. The first-order chi connectivity index (χ1) is 20.7. The third-order valence-corrected chi connectivity index (χ3v) is 11.1. The predicted molar refractivity (Wildman–Crippen MR) is 157 cm³/mol. The molecule has 2 aromatic carbocycles. The van der Waals surface area contributed by atoms with Gasteiger partial charge in [-0.1, -0.05) is 24.3 Å². The van der Waals surface area contributed by atoms with E-state index >= 15 is 0 Å². The van der Waals surface area contributed by atoms with Gasteiger partial charge in [0.1, 0.15) is 11.4 Å². The van der Waals surface area contributed by atoms with Crippen LogP contribution in [0.25, 0.3) is 0 Å². The molecule has 44 heavy (non-hydrogen) atoms. The molecule has 3 heterocycles. The maximum absolute atomic E-state index is 13.2. The van der Waals surface area contributed by atoms with Gasteiger partial charge in [0.05, 0.1) is 16.2 Å². The number of benzene rings is 2. The number of amides is 1. The normalized spacial score (nSPS) is 17.5. The van der Waals surface area contributed by atoms with E-state index in [0.717, 1.165) is 12.1 Å². The number of nitrogens with one attached hydrogen (secondary N) is 2. The van der Waals surface area contributed by atoms with Gasteiger partial charge in [-0.25, -0.2) is 25.9 Å². The molecule has 2 aliphatic heterocycles. The fraction of sp³-hybridized carbons (Fsp3) is 0.345. The summed E-state index contributed by atoms with van der Waals surface area (Å²) in [5.41, 5.74) is 0.0181. The molecule has 1 amide bonds. The minimum Gasteiger partial charge on any atom is -0.308 e. The summed E-state index contributed by atoms with van der Waals surface area (Å²) in [6.45, 7) is 1.83. The van der Waals surface area contributed by atoms with Gasteiger partial charge in [-0.15, -0.1) is 0 Å². The highest BCUT2D eigenvalue weighted by molar-refractivity contribution is 7.89. The number of aryl methyl sites for hydroxylation is 2. The molecule has 10 nitrogen and oxygen atoms in total. The predicted octanol–water partition coefficient (Wildman–Crippen LogP) is 3.17. The van der Waals surface area contributed by atoms with E-state index in [9.17, 15) is 34.8 Å². The Morgan fingerprint density at radius 1 is 1.02 bits per heavy atom. The van der Waals surface area contributed by atoms with Crippen molar-refractivity contribution in [2.45, 2.75) is 49.3 Å². The number of aromatic nitrogens is 1. The van der Waals surface area contributed by atoms with Gasteiger partial charge in [0.25, 0.3) is 5.91 Å². The van der Waals surface area contributed by atoms with Crippen LogP contribution in [-0.4, -0.2) is 62.2 Å². The average Bonchev–Trinajstić information content (AvgIpc) is 3.30. The van der Waals surface area contributed by atoms with Gasteiger partial charge < -0.3 is 5.32 Å². The van der Waals surface area contributed by atoms with E-state index in [1.165, 1.54) is 28.6 Å². The molecule has 0 saturated carbocycles. The van der Waals surface area contributed by atoms with Crippen molar-refractivity contribution in [1.82, 2.24) is 19.3 Å². The molecule has 0 aliphatic carbocycles. The monoisotopic (exact) mass is 649 g/mol. The van der Waals surface area contributed by atoms with Crippen LogP contribution < -0.4 is 10.0 Å². The van der Waals surface area contributed by atoms with Gasteiger partial charge in [0.15, 0.2) is 0 Å². The molecule has 0 atom stereocenters. The van der Waals surface area contributed by atoms with Crippen LogP contribution in [-0.2, 0) is 44.0 Å². The Labute approximate surface area is 253 Å². The third kappa shape index (κ3) is 6.85. The number of nitrogens with zero attached hydrogens (tertiary/aromatic N) is 3. The SMILES string of the molecule is Cc1cc(S(=O)(=O)NCc2cccnc2)ccc1CCS(=O)(=O)N1CCC2(CC1)N=C(c1cccc(C(F)(F)F)c1)NC2=O. The summed E-state index contributed by atoms with van der Waals surface area (Å²) in [5, 5.41) is 2.57. The number of sulfonamides is 2. The van der Waals surface area contributed by atoms with Crippen LogP contribution in [0.2, 0.25) is 0 Å². The highest BCUT2D eigenvalue weighted by Gasteiger charge is 2.47. The summed E-state index contributed by atoms with van der Waals surface area (Å²) in [5.74, 6) is -0.662. The van der Waals surface area contributed by atoms with Crippen LogP contribution in [0.3, 0.4) is 0 Å². The summed E-state index contributed by atoms with van der Waals surface area (Å²) in [7, 11) is -7.54. The molecule has 1 spiro atoms. The molecule has 2 aliphatic rings. The van der Waals surface area contributed by atoms with Crippen LogP contribution in [0.1, 0.15) is 40.7 Å². The Balaban J connectivity index is 1.20. The fourth-order valence-corrected chi connectivity index (χ4v) is 7.80. The van der Waals surface area contributed by atoms with E-state index in [4.69, 9.17) is 0 Å². The molecule has 3 aromatic rings. The number of carbonyl (C=O) groups excluding carboxylic acids is 1. The molecular weight excluding hydrogens is 619 g/mol. The van der Waals surface area contributed by atoms with Crippen molar-refractivity contribution in [1.29, 1.82) is 0 Å². The topological polar surface area (TPSA) is 138 Å². The van der Waals surface area contributed by atoms with E-state index in [2.05, 4.69) is 20.0 Å². The smallest absolute Gasteiger partial charge is 0.308 e. The first kappa shape index (κ1) is 31.8. The molecule has 2 N–H and O–H groups in total. The van der Waals surface area contributed by atoms with E-state index in [1.54, 1.807) is 37.5 Å². The van der Waals surface area contributed by atoms with Gasteiger partial charge in [-0.3, -0.25) is 14.8 Å². The van der Waals surface area contributed by atoms with Crippen LogP contribution in [0.15, 0.2) is 76.9 Å². The van der Waals surface area contributed by atoms with E-state index in [0.29, 0.717) is 16.7 Å². The van der Waals surface area contributed by atoms with Crippen LogP contribution >= 0.6 is 0 Å². The zero-order valence-corrected chi connectivity index (χ0v) is 25.3. The number of hydrogen-bond acceptors (Lipinski definition) is 7. The van der Waals surface area contributed by atoms with Crippen molar-refractivity contribution in [3.63, 3.8) is 0 Å². The van der Waals surface area contributed by atoms with Gasteiger partial charge in [0.2, 0.25) is 20.0 Å². The molecule has 1 fully saturated rings. The lowest BCUT2D eigenvalue weighted by Gasteiger charge is -2.34. The van der Waals surface area contributed by atoms with Gasteiger partial charge in [-0.2, -0.15) is 13.2 Å². The molecule has 234 valence electrons. The van der Waals surface area contributed by atoms with E-state index in [-0.39, 0.29) is 60.9 Å². The standard InChI is InChI=1S/C29H30F3N5O5S2/c1-20-16-25(44(41,42)34-19-21-4-3-12-33-18-21)8-7-22(20)9-15-43(39,40)37-13-10-28(11-14-37)27(38)35-26(36-28)23-5-2-6-24(17-23)29(30,31)32/h2-8,12,16-18,34H,9-11,13-15,19H2,1H3,(H,35,36,38). The zero-order chi connectivity index (χ0) is 31.8. The second kappa shape index (κ2) is 12.0. The Kier molecular flexibility index (Phi) is 8.68. The van der Waals surface area contributed by atoms with Gasteiger partial charge in [0, 0.05) is 37.6 Å². The van der Waals surface area contributed by atoms with Gasteiger partial charge >= 0.3 is 6.18 Å². The number of amidine groups is 1. The second-order valence-electron chi connectivity index (χ2n) is 10.8. The molecule has 15 heteroatoms. The lowest BCUT2D eigenvalue weighted by molar-refractivity contribution is -0.137. The number of hydrogen-bond donors (Lipinski definition) is 2. The highest BCUT2D eigenvalue weighted by Crippen LogP contribution is 2.34. The van der Waals surface area contributed by atoms with Crippen molar-refractivity contribution in [2.24, 2.45) is 4.99 Å². The van der Waals surface area contributed by atoms with Crippen molar-refractivity contribution in [3.05, 3.63) is 94.8 Å². The van der Waals surface area contributed by atoms with Crippen LogP contribution in [0, 0.1) is 6.92 Å². The van der Waals surface area contributed by atoms with Crippen molar-refractivity contribution in [3.8, 4) is 0 Å². The van der Waals surface area contributed by atoms with Crippen LogP contribution in [0.4, 0.5) is 13.2 Å². The molecule has 0 bridgehead atoms. The highest BCUT2D eigenvalue weighted by atomic mass is 32.2. The summed E-state index contributed by atoms with van der Waals surface area (Å²) < 4.78 is 95.2. The minimum absolute atomic E-state index is 0.0217. The Bertz CT molecular complexity index is 1810. The lowest BCUT2D eigenvalue weighted by atomic mass is 9.89. The molecule has 0 radical (unpaired) electrons. The summed E-state index contributed by atoms with van der Waals surface area (Å²) in [6, 6.07) is 12.5. The second-order valence-corrected chi connectivity index (χ2v) is 14.6. The number of pyridine rings is 1. The Morgan fingerprint density at radius 3 is 2.43 bits per heavy atom. The van der Waals surface area contributed by atoms with Crippen molar-refractivity contribution in [2.75, 3.05) is 18.8 Å². The fourth-order valence-electron chi connectivity index (χ4n) is 5.22.